The largest absolute Gasteiger partial charge is 0.395 e. The summed E-state index contributed by atoms with van der Waals surface area (Å²) < 4.78 is 29.2. The van der Waals surface area contributed by atoms with Crippen LogP contribution in [-0.4, -0.2) is 131 Å². The van der Waals surface area contributed by atoms with Gasteiger partial charge in [-0.1, -0.05) is 13.0 Å². The SMILES string of the molecule is CC1CCC(N(C(=O)C(C)(C)CO)[C@H]2C[C@@H](C(=O)N3CCN(C)CC3)N(C(=O)[C@@H]3CN(C4CC4)C[C@H]3c3ccc(F)cc3F)C2)CC1. The molecule has 11 heteroatoms. The molecule has 3 aliphatic heterocycles. The summed E-state index contributed by atoms with van der Waals surface area (Å²) >= 11 is 0. The van der Waals surface area contributed by atoms with Gasteiger partial charge < -0.3 is 24.7 Å². The molecule has 0 radical (unpaired) electrons. The maximum atomic E-state index is 15.3. The highest BCUT2D eigenvalue weighted by Gasteiger charge is 2.52. The van der Waals surface area contributed by atoms with E-state index in [4.69, 9.17) is 0 Å². The normalized spacial score (nSPS) is 31.0. The number of benzene rings is 1. The van der Waals surface area contributed by atoms with Crippen molar-refractivity contribution >= 4 is 17.7 Å². The molecular formula is C36H53F2N5O4. The van der Waals surface area contributed by atoms with Gasteiger partial charge in [-0.3, -0.25) is 19.3 Å². The van der Waals surface area contributed by atoms with Gasteiger partial charge in [0.05, 0.1) is 24.0 Å². The van der Waals surface area contributed by atoms with Crippen LogP contribution < -0.4 is 0 Å². The van der Waals surface area contributed by atoms with Crippen molar-refractivity contribution in [2.45, 2.75) is 95.8 Å². The summed E-state index contributed by atoms with van der Waals surface area (Å²) in [4.78, 5) is 53.3. The zero-order valence-electron chi connectivity index (χ0n) is 28.5. The summed E-state index contributed by atoms with van der Waals surface area (Å²) in [5.74, 6) is -2.22. The molecule has 5 aliphatic rings. The lowest BCUT2D eigenvalue weighted by molar-refractivity contribution is -0.149. The number of halogens is 2. The Hall–Kier alpha value is -2.63. The summed E-state index contributed by atoms with van der Waals surface area (Å²) in [5.41, 5.74) is -0.665. The third-order valence-electron chi connectivity index (χ3n) is 11.7. The number of carbonyl (C=O) groups is 3. The lowest BCUT2D eigenvalue weighted by Gasteiger charge is -2.43. The van der Waals surface area contributed by atoms with E-state index in [1.165, 1.54) is 12.1 Å². The van der Waals surface area contributed by atoms with Crippen LogP contribution in [0.5, 0.6) is 0 Å². The minimum Gasteiger partial charge on any atom is -0.395 e. The maximum absolute atomic E-state index is 15.3. The number of amides is 3. The fraction of sp³-hybridized carbons (Fsp3) is 0.750. The van der Waals surface area contributed by atoms with Gasteiger partial charge in [-0.15, -0.1) is 0 Å². The van der Waals surface area contributed by atoms with E-state index in [9.17, 15) is 23.9 Å². The van der Waals surface area contributed by atoms with Crippen molar-refractivity contribution in [3.05, 3.63) is 35.4 Å². The minimum atomic E-state index is -1.00. The fourth-order valence-electron chi connectivity index (χ4n) is 8.45. The number of piperazine rings is 1. The minimum absolute atomic E-state index is 0.0261. The van der Waals surface area contributed by atoms with Gasteiger partial charge in [0.25, 0.3) is 0 Å². The third kappa shape index (κ3) is 7.08. The van der Waals surface area contributed by atoms with E-state index in [1.807, 2.05) is 16.8 Å². The molecule has 1 aromatic rings. The molecule has 0 bridgehead atoms. The Labute approximate surface area is 278 Å². The Morgan fingerprint density at radius 2 is 1.60 bits per heavy atom. The molecule has 0 spiro atoms. The molecule has 3 heterocycles. The summed E-state index contributed by atoms with van der Waals surface area (Å²) in [6, 6.07) is 2.83. The second-order valence-electron chi connectivity index (χ2n) is 15.8. The van der Waals surface area contributed by atoms with Gasteiger partial charge >= 0.3 is 0 Å². The number of carbonyl (C=O) groups excluding carboxylic acids is 3. The predicted molar refractivity (Wildman–Crippen MR) is 174 cm³/mol. The van der Waals surface area contributed by atoms with Crippen LogP contribution in [0.3, 0.4) is 0 Å². The molecule has 1 aromatic carbocycles. The standard InChI is InChI=1S/C36H53F2N5O4/c1-23-5-8-26(9-6-23)43(35(47)36(2,3)22-44)27-18-32(34(46)40-15-13-39(4)14-16-40)42(19-27)33(45)30-21-41(25-10-11-25)20-29(30)28-12-7-24(37)17-31(28)38/h7,12,17,23,25-27,29-30,32,44H,5-6,8-11,13-16,18-22H2,1-4H3/t23?,26?,27-,29-,30+,32-/m0/s1. The molecule has 47 heavy (non-hydrogen) atoms. The van der Waals surface area contributed by atoms with Crippen LogP contribution >= 0.6 is 0 Å². The van der Waals surface area contributed by atoms with E-state index in [1.54, 1.807) is 18.7 Å². The van der Waals surface area contributed by atoms with Gasteiger partial charge in [-0.25, -0.2) is 8.78 Å². The highest BCUT2D eigenvalue weighted by molar-refractivity contribution is 5.91. The Morgan fingerprint density at radius 1 is 0.915 bits per heavy atom. The van der Waals surface area contributed by atoms with Crippen LogP contribution in [0.1, 0.15) is 77.2 Å². The first-order valence-electron chi connectivity index (χ1n) is 17.8. The maximum Gasteiger partial charge on any atom is 0.245 e. The first kappa shape index (κ1) is 34.2. The lowest BCUT2D eigenvalue weighted by atomic mass is 9.83. The molecule has 3 saturated heterocycles. The highest BCUT2D eigenvalue weighted by atomic mass is 19.1. The number of likely N-dealkylation sites (tertiary alicyclic amines) is 2. The smallest absolute Gasteiger partial charge is 0.245 e. The number of aliphatic hydroxyl groups is 1. The number of aliphatic hydroxyl groups excluding tert-OH is 1. The molecule has 9 nitrogen and oxygen atoms in total. The van der Waals surface area contributed by atoms with Crippen LogP contribution in [0.4, 0.5) is 8.78 Å². The molecule has 1 N–H and O–H groups in total. The zero-order valence-corrected chi connectivity index (χ0v) is 28.5. The quantitative estimate of drug-likeness (QED) is 0.462. The molecule has 0 aromatic heterocycles. The molecule has 4 atom stereocenters. The second kappa shape index (κ2) is 13.7. The molecule has 2 aliphatic carbocycles. The van der Waals surface area contributed by atoms with Gasteiger partial charge in [0.1, 0.15) is 17.7 Å². The van der Waals surface area contributed by atoms with Crippen molar-refractivity contribution in [3.63, 3.8) is 0 Å². The monoisotopic (exact) mass is 657 g/mol. The van der Waals surface area contributed by atoms with Crippen LogP contribution in [0.25, 0.3) is 0 Å². The summed E-state index contributed by atoms with van der Waals surface area (Å²) in [6.45, 7) is 9.27. The molecule has 260 valence electrons. The average molecular weight is 658 g/mol. The van der Waals surface area contributed by atoms with E-state index < -0.39 is 34.9 Å². The molecule has 2 saturated carbocycles. The van der Waals surface area contributed by atoms with Gasteiger partial charge in [-0.05, 0) is 83.4 Å². The molecule has 3 amide bonds. The first-order valence-corrected chi connectivity index (χ1v) is 17.8. The van der Waals surface area contributed by atoms with Crippen molar-refractivity contribution in [1.82, 2.24) is 24.5 Å². The van der Waals surface area contributed by atoms with E-state index in [2.05, 4.69) is 16.7 Å². The fourth-order valence-corrected chi connectivity index (χ4v) is 8.45. The van der Waals surface area contributed by atoms with Crippen LogP contribution in [0.15, 0.2) is 18.2 Å². The summed E-state index contributed by atoms with van der Waals surface area (Å²) in [6.07, 6.45) is 6.10. The van der Waals surface area contributed by atoms with E-state index in [0.717, 1.165) is 57.7 Å². The van der Waals surface area contributed by atoms with Gasteiger partial charge in [0, 0.05) is 69.9 Å². The van der Waals surface area contributed by atoms with Crippen molar-refractivity contribution in [3.8, 4) is 0 Å². The predicted octanol–water partition coefficient (Wildman–Crippen LogP) is 3.31. The van der Waals surface area contributed by atoms with Crippen molar-refractivity contribution < 1.29 is 28.3 Å². The Bertz CT molecular complexity index is 1320. The lowest BCUT2D eigenvalue weighted by Crippen LogP contribution is -2.55. The van der Waals surface area contributed by atoms with Crippen molar-refractivity contribution in [2.75, 3.05) is 59.5 Å². The second-order valence-corrected chi connectivity index (χ2v) is 15.8. The van der Waals surface area contributed by atoms with E-state index in [0.29, 0.717) is 50.1 Å². The van der Waals surface area contributed by atoms with Crippen LogP contribution in [-0.2, 0) is 14.4 Å². The Kier molecular flexibility index (Phi) is 9.99. The highest BCUT2D eigenvalue weighted by Crippen LogP contribution is 2.43. The van der Waals surface area contributed by atoms with Crippen molar-refractivity contribution in [2.24, 2.45) is 17.3 Å². The Morgan fingerprint density at radius 3 is 2.21 bits per heavy atom. The topological polar surface area (TPSA) is 87.6 Å². The number of hydrogen-bond donors (Lipinski definition) is 1. The van der Waals surface area contributed by atoms with Crippen molar-refractivity contribution in [1.29, 1.82) is 0 Å². The van der Waals surface area contributed by atoms with E-state index >= 15 is 4.39 Å². The average Bonchev–Trinajstić information content (AvgIpc) is 3.66. The van der Waals surface area contributed by atoms with Gasteiger partial charge in [0.15, 0.2) is 0 Å². The number of nitrogens with zero attached hydrogens (tertiary/aromatic N) is 5. The van der Waals surface area contributed by atoms with Crippen LogP contribution in [0.2, 0.25) is 0 Å². The number of hydrogen-bond acceptors (Lipinski definition) is 6. The van der Waals surface area contributed by atoms with Gasteiger partial charge in [-0.2, -0.15) is 0 Å². The number of likely N-dealkylation sites (N-methyl/N-ethyl adjacent to an activating group) is 1. The first-order chi connectivity index (χ1) is 22.4. The molecule has 6 rings (SSSR count). The number of rotatable bonds is 8. The van der Waals surface area contributed by atoms with Gasteiger partial charge in [0.2, 0.25) is 17.7 Å². The molecule has 5 fully saturated rings. The Balaban J connectivity index is 1.33. The summed E-state index contributed by atoms with van der Waals surface area (Å²) in [7, 11) is 2.03. The molecular weight excluding hydrogens is 604 g/mol. The van der Waals surface area contributed by atoms with E-state index in [-0.39, 0.29) is 43.0 Å². The summed E-state index contributed by atoms with van der Waals surface area (Å²) in [5, 5.41) is 10.2. The van der Waals surface area contributed by atoms with Crippen LogP contribution in [0, 0.1) is 28.9 Å². The zero-order chi connectivity index (χ0) is 33.6. The third-order valence-corrected chi connectivity index (χ3v) is 11.7. The molecule has 0 unspecified atom stereocenters.